The highest BCUT2D eigenvalue weighted by molar-refractivity contribution is 6.32. The Morgan fingerprint density at radius 2 is 1.69 bits per heavy atom. The number of nitrogens with zero attached hydrogens (tertiary/aromatic N) is 2. The van der Waals surface area contributed by atoms with Crippen LogP contribution in [0, 0.1) is 0 Å². The molecule has 1 N–H and O–H groups in total. The molecule has 3 rings (SSSR count). The van der Waals surface area contributed by atoms with Crippen LogP contribution < -0.4 is 10.1 Å². The molecule has 0 spiro atoms. The van der Waals surface area contributed by atoms with Gasteiger partial charge in [-0.25, -0.2) is 4.79 Å². The number of piperazine rings is 1. The third kappa shape index (κ3) is 5.04. The minimum absolute atomic E-state index is 0.00341. The largest absolute Gasteiger partial charge is 0.482 e. The lowest BCUT2D eigenvalue weighted by atomic mass is 9.96. The first-order chi connectivity index (χ1) is 12.6. The Morgan fingerprint density at radius 1 is 1.04 bits per heavy atom. The lowest BCUT2D eigenvalue weighted by Gasteiger charge is -2.36. The second kappa shape index (κ2) is 9.12. The summed E-state index contributed by atoms with van der Waals surface area (Å²) in [5.74, 6) is 0.422. The summed E-state index contributed by atoms with van der Waals surface area (Å²) in [5.41, 5.74) is 0. The Bertz CT molecular complexity index is 626. The molecule has 0 radical (unpaired) electrons. The van der Waals surface area contributed by atoms with Crippen LogP contribution in [0.4, 0.5) is 4.79 Å². The molecule has 0 bridgehead atoms. The average molecular weight is 380 g/mol. The summed E-state index contributed by atoms with van der Waals surface area (Å²) in [6.07, 6.45) is 5.80. The highest BCUT2D eigenvalue weighted by Gasteiger charge is 2.26. The molecule has 1 aromatic rings. The third-order valence-electron chi connectivity index (χ3n) is 5.04. The molecule has 26 heavy (non-hydrogen) atoms. The van der Waals surface area contributed by atoms with Gasteiger partial charge in [0, 0.05) is 32.2 Å². The topological polar surface area (TPSA) is 61.9 Å². The average Bonchev–Trinajstić information content (AvgIpc) is 2.68. The van der Waals surface area contributed by atoms with Gasteiger partial charge in [0.2, 0.25) is 0 Å². The number of carbonyl (C=O) groups is 2. The van der Waals surface area contributed by atoms with E-state index in [1.165, 1.54) is 19.3 Å². The zero-order valence-electron chi connectivity index (χ0n) is 15.0. The molecule has 3 amide bonds. The minimum atomic E-state index is -0.0859. The molecule has 1 aromatic carbocycles. The summed E-state index contributed by atoms with van der Waals surface area (Å²) in [6, 6.07) is 7.40. The molecule has 2 fully saturated rings. The molecule has 0 atom stereocenters. The number of hydrogen-bond donors (Lipinski definition) is 1. The molecule has 1 aliphatic heterocycles. The number of amides is 3. The van der Waals surface area contributed by atoms with Gasteiger partial charge < -0.3 is 19.9 Å². The molecule has 0 unspecified atom stereocenters. The first-order valence-corrected chi connectivity index (χ1v) is 9.72. The lowest BCUT2D eigenvalue weighted by Crippen LogP contribution is -2.55. The number of rotatable bonds is 4. The third-order valence-corrected chi connectivity index (χ3v) is 5.35. The van der Waals surface area contributed by atoms with Gasteiger partial charge in [0.1, 0.15) is 5.75 Å². The molecule has 1 saturated heterocycles. The van der Waals surface area contributed by atoms with Crippen LogP contribution in [-0.4, -0.2) is 60.6 Å². The van der Waals surface area contributed by atoms with Crippen molar-refractivity contribution in [1.29, 1.82) is 0 Å². The number of ether oxygens (including phenoxy) is 1. The number of halogens is 1. The van der Waals surface area contributed by atoms with Crippen molar-refractivity contribution in [1.82, 2.24) is 15.1 Å². The molecular weight excluding hydrogens is 354 g/mol. The van der Waals surface area contributed by atoms with Crippen LogP contribution in [0.15, 0.2) is 24.3 Å². The molecule has 2 aliphatic rings. The minimum Gasteiger partial charge on any atom is -0.482 e. The molecule has 0 aromatic heterocycles. The maximum absolute atomic E-state index is 12.4. The monoisotopic (exact) mass is 379 g/mol. The molecular formula is C19H26ClN3O3. The predicted molar refractivity (Wildman–Crippen MR) is 101 cm³/mol. The van der Waals surface area contributed by atoms with E-state index in [-0.39, 0.29) is 18.5 Å². The molecule has 1 aliphatic carbocycles. The van der Waals surface area contributed by atoms with E-state index in [0.717, 1.165) is 12.8 Å². The fraction of sp³-hybridized carbons (Fsp3) is 0.579. The predicted octanol–water partition coefficient (Wildman–Crippen LogP) is 2.91. The van der Waals surface area contributed by atoms with Crippen molar-refractivity contribution in [3.63, 3.8) is 0 Å². The normalized spacial score (nSPS) is 18.5. The van der Waals surface area contributed by atoms with Crippen LogP contribution in [0.25, 0.3) is 0 Å². The highest BCUT2D eigenvalue weighted by atomic mass is 35.5. The molecule has 6 nitrogen and oxygen atoms in total. The summed E-state index contributed by atoms with van der Waals surface area (Å²) >= 11 is 6.03. The number of carbonyl (C=O) groups excluding carboxylic acids is 2. The number of nitrogens with one attached hydrogen (secondary N) is 1. The van der Waals surface area contributed by atoms with Crippen molar-refractivity contribution in [2.45, 2.75) is 38.1 Å². The fourth-order valence-electron chi connectivity index (χ4n) is 3.46. The van der Waals surface area contributed by atoms with E-state index < -0.39 is 0 Å². The Morgan fingerprint density at radius 3 is 2.38 bits per heavy atom. The fourth-order valence-corrected chi connectivity index (χ4v) is 3.65. The van der Waals surface area contributed by atoms with Crippen LogP contribution in [0.5, 0.6) is 5.75 Å². The Hall–Kier alpha value is -1.95. The summed E-state index contributed by atoms with van der Waals surface area (Å²) in [4.78, 5) is 28.2. The van der Waals surface area contributed by atoms with Crippen molar-refractivity contribution in [2.24, 2.45) is 0 Å². The van der Waals surface area contributed by atoms with E-state index in [1.54, 1.807) is 21.9 Å². The van der Waals surface area contributed by atoms with E-state index >= 15 is 0 Å². The summed E-state index contributed by atoms with van der Waals surface area (Å²) in [6.45, 7) is 2.12. The van der Waals surface area contributed by atoms with Gasteiger partial charge in [0.25, 0.3) is 5.91 Å². The Balaban J connectivity index is 1.40. The van der Waals surface area contributed by atoms with Gasteiger partial charge in [0.05, 0.1) is 5.02 Å². The number of para-hydroxylation sites is 1. The van der Waals surface area contributed by atoms with Gasteiger partial charge in [-0.2, -0.15) is 0 Å². The molecule has 7 heteroatoms. The second-order valence-electron chi connectivity index (χ2n) is 6.87. The number of benzene rings is 1. The van der Waals surface area contributed by atoms with E-state index in [0.29, 0.717) is 43.0 Å². The smallest absolute Gasteiger partial charge is 0.317 e. The number of hydrogen-bond acceptors (Lipinski definition) is 3. The van der Waals surface area contributed by atoms with Crippen molar-refractivity contribution in [3.05, 3.63) is 29.3 Å². The van der Waals surface area contributed by atoms with Crippen LogP contribution in [-0.2, 0) is 4.79 Å². The van der Waals surface area contributed by atoms with Gasteiger partial charge in [0.15, 0.2) is 6.61 Å². The van der Waals surface area contributed by atoms with Crippen LogP contribution in [0.1, 0.15) is 32.1 Å². The van der Waals surface area contributed by atoms with Crippen LogP contribution >= 0.6 is 11.6 Å². The van der Waals surface area contributed by atoms with Gasteiger partial charge in [-0.3, -0.25) is 4.79 Å². The van der Waals surface area contributed by atoms with Crippen molar-refractivity contribution in [2.75, 3.05) is 32.8 Å². The summed E-state index contributed by atoms with van der Waals surface area (Å²) in [5, 5.41) is 3.62. The maximum atomic E-state index is 12.4. The van der Waals surface area contributed by atoms with E-state index in [2.05, 4.69) is 5.32 Å². The molecule has 1 heterocycles. The maximum Gasteiger partial charge on any atom is 0.317 e. The van der Waals surface area contributed by atoms with E-state index in [4.69, 9.17) is 16.3 Å². The first kappa shape index (κ1) is 18.8. The summed E-state index contributed by atoms with van der Waals surface area (Å²) < 4.78 is 5.51. The second-order valence-corrected chi connectivity index (χ2v) is 7.28. The quantitative estimate of drug-likeness (QED) is 0.874. The van der Waals surface area contributed by atoms with E-state index in [9.17, 15) is 9.59 Å². The van der Waals surface area contributed by atoms with Gasteiger partial charge >= 0.3 is 6.03 Å². The number of urea groups is 1. The van der Waals surface area contributed by atoms with Gasteiger partial charge in [-0.1, -0.05) is 43.0 Å². The molecule has 142 valence electrons. The van der Waals surface area contributed by atoms with Crippen LogP contribution in [0.2, 0.25) is 5.02 Å². The van der Waals surface area contributed by atoms with Crippen molar-refractivity contribution >= 4 is 23.5 Å². The zero-order chi connectivity index (χ0) is 18.4. The van der Waals surface area contributed by atoms with E-state index in [1.807, 2.05) is 12.1 Å². The standard InChI is InChI=1S/C19H26ClN3O3/c20-16-8-4-5-9-17(16)26-14-18(24)22-10-12-23(13-11-22)19(25)21-15-6-2-1-3-7-15/h4-5,8-9,15H,1-3,6-7,10-14H2,(H,21,25). The van der Waals surface area contributed by atoms with Gasteiger partial charge in [-0.15, -0.1) is 0 Å². The zero-order valence-corrected chi connectivity index (χ0v) is 15.7. The van der Waals surface area contributed by atoms with Crippen molar-refractivity contribution < 1.29 is 14.3 Å². The Labute approximate surface area is 159 Å². The molecule has 1 saturated carbocycles. The van der Waals surface area contributed by atoms with Gasteiger partial charge in [-0.05, 0) is 25.0 Å². The first-order valence-electron chi connectivity index (χ1n) is 9.34. The highest BCUT2D eigenvalue weighted by Crippen LogP contribution is 2.23. The lowest BCUT2D eigenvalue weighted by molar-refractivity contribution is -0.134. The Kier molecular flexibility index (Phi) is 6.61. The van der Waals surface area contributed by atoms with Crippen LogP contribution in [0.3, 0.4) is 0 Å². The van der Waals surface area contributed by atoms with Crippen molar-refractivity contribution in [3.8, 4) is 5.75 Å². The summed E-state index contributed by atoms with van der Waals surface area (Å²) in [7, 11) is 0. The SMILES string of the molecule is O=C(COc1ccccc1Cl)N1CCN(C(=O)NC2CCCCC2)CC1.